The first kappa shape index (κ1) is 10.0. The molecule has 72 valence electrons. The maximum Gasteiger partial charge on any atom is 0.237 e. The van der Waals surface area contributed by atoms with Crippen LogP contribution in [0.25, 0.3) is 0 Å². The van der Waals surface area contributed by atoms with Crippen LogP contribution in [0, 0.1) is 11.3 Å². The van der Waals surface area contributed by atoms with E-state index in [9.17, 15) is 4.79 Å². The van der Waals surface area contributed by atoms with Gasteiger partial charge >= 0.3 is 0 Å². The van der Waals surface area contributed by atoms with Gasteiger partial charge in [0.2, 0.25) is 5.91 Å². The van der Waals surface area contributed by atoms with Gasteiger partial charge in [-0.2, -0.15) is 5.26 Å². The Bertz CT molecular complexity index is 222. The molecular formula is C9H14N2O2. The van der Waals surface area contributed by atoms with E-state index in [1.165, 1.54) is 0 Å². The number of rotatable bonds is 2. The Kier molecular flexibility index (Phi) is 3.71. The van der Waals surface area contributed by atoms with Crippen molar-refractivity contribution in [3.05, 3.63) is 0 Å². The van der Waals surface area contributed by atoms with E-state index in [1.54, 1.807) is 4.90 Å². The highest BCUT2D eigenvalue weighted by atomic mass is 16.3. The first-order chi connectivity index (χ1) is 6.29. The quantitative estimate of drug-likeness (QED) is 0.666. The monoisotopic (exact) mass is 182 g/mol. The maximum atomic E-state index is 11.4. The molecule has 1 aliphatic rings. The molecule has 1 atom stereocenters. The van der Waals surface area contributed by atoms with Crippen molar-refractivity contribution in [2.24, 2.45) is 0 Å². The van der Waals surface area contributed by atoms with Crippen LogP contribution in [-0.2, 0) is 4.79 Å². The first-order valence-corrected chi connectivity index (χ1v) is 4.57. The van der Waals surface area contributed by atoms with Gasteiger partial charge in [-0.05, 0) is 19.3 Å². The second-order valence-electron chi connectivity index (χ2n) is 3.25. The third kappa shape index (κ3) is 2.43. The van der Waals surface area contributed by atoms with Crippen LogP contribution in [0.5, 0.6) is 0 Å². The average Bonchev–Trinajstić information content (AvgIpc) is 2.18. The molecule has 0 aromatic rings. The molecule has 1 fully saturated rings. The summed E-state index contributed by atoms with van der Waals surface area (Å²) in [6, 6.07) is 1.78. The lowest BCUT2D eigenvalue weighted by atomic mass is 10.0. The second-order valence-corrected chi connectivity index (χ2v) is 3.25. The molecule has 0 spiro atoms. The van der Waals surface area contributed by atoms with E-state index in [2.05, 4.69) is 0 Å². The average molecular weight is 182 g/mol. The molecular weight excluding hydrogens is 168 g/mol. The lowest BCUT2D eigenvalue weighted by Gasteiger charge is -2.34. The van der Waals surface area contributed by atoms with Crippen LogP contribution < -0.4 is 0 Å². The van der Waals surface area contributed by atoms with Crippen LogP contribution in [0.4, 0.5) is 0 Å². The molecule has 1 amide bonds. The van der Waals surface area contributed by atoms with E-state index >= 15 is 0 Å². The summed E-state index contributed by atoms with van der Waals surface area (Å²) in [6.45, 7) is 0.697. The van der Waals surface area contributed by atoms with Gasteiger partial charge in [-0.3, -0.25) is 4.79 Å². The highest BCUT2D eigenvalue weighted by Crippen LogP contribution is 2.17. The van der Waals surface area contributed by atoms with E-state index in [4.69, 9.17) is 10.4 Å². The lowest BCUT2D eigenvalue weighted by molar-refractivity contribution is -0.134. The molecule has 1 heterocycles. The first-order valence-electron chi connectivity index (χ1n) is 4.57. The molecule has 0 radical (unpaired) electrons. The van der Waals surface area contributed by atoms with Crippen LogP contribution in [0.3, 0.4) is 0 Å². The molecule has 0 bridgehead atoms. The summed E-state index contributed by atoms with van der Waals surface area (Å²) >= 11 is 0. The normalized spacial score (nSPS) is 22.5. The topological polar surface area (TPSA) is 64.3 Å². The van der Waals surface area contributed by atoms with E-state index in [0.29, 0.717) is 6.54 Å². The standard InChI is InChI=1S/C9H14N2O2/c10-5-4-9(13)11-6-2-1-3-8(11)7-12/h8,12H,1-4,6-7H2. The van der Waals surface area contributed by atoms with E-state index in [-0.39, 0.29) is 25.0 Å². The summed E-state index contributed by atoms with van der Waals surface area (Å²) in [5.41, 5.74) is 0. The van der Waals surface area contributed by atoms with E-state index < -0.39 is 0 Å². The number of likely N-dealkylation sites (tertiary alicyclic amines) is 1. The molecule has 13 heavy (non-hydrogen) atoms. The Morgan fingerprint density at radius 3 is 3.00 bits per heavy atom. The summed E-state index contributed by atoms with van der Waals surface area (Å²) in [5, 5.41) is 17.4. The zero-order valence-corrected chi connectivity index (χ0v) is 7.57. The largest absolute Gasteiger partial charge is 0.394 e. The third-order valence-electron chi connectivity index (χ3n) is 2.39. The predicted molar refractivity (Wildman–Crippen MR) is 46.7 cm³/mol. The number of hydrogen-bond donors (Lipinski definition) is 1. The van der Waals surface area contributed by atoms with Crippen molar-refractivity contribution in [2.75, 3.05) is 13.2 Å². The molecule has 4 nitrogen and oxygen atoms in total. The minimum absolute atomic E-state index is 0.0111. The summed E-state index contributed by atoms with van der Waals surface area (Å²) in [5.74, 6) is -0.152. The van der Waals surface area contributed by atoms with Gasteiger partial charge < -0.3 is 10.0 Å². The van der Waals surface area contributed by atoms with Crippen LogP contribution in [0.15, 0.2) is 0 Å². The fraction of sp³-hybridized carbons (Fsp3) is 0.778. The molecule has 1 aliphatic heterocycles. The van der Waals surface area contributed by atoms with Crippen molar-refractivity contribution in [1.29, 1.82) is 5.26 Å². The van der Waals surface area contributed by atoms with Gasteiger partial charge in [0.25, 0.3) is 0 Å². The van der Waals surface area contributed by atoms with Gasteiger partial charge in [-0.1, -0.05) is 0 Å². The number of aliphatic hydroxyl groups excluding tert-OH is 1. The van der Waals surface area contributed by atoms with Crippen LogP contribution in [0.1, 0.15) is 25.7 Å². The molecule has 0 aromatic carbocycles. The molecule has 1 saturated heterocycles. The van der Waals surface area contributed by atoms with Crippen molar-refractivity contribution < 1.29 is 9.90 Å². The lowest BCUT2D eigenvalue weighted by Crippen LogP contribution is -2.45. The number of carbonyl (C=O) groups excluding carboxylic acids is 1. The Morgan fingerprint density at radius 1 is 1.62 bits per heavy atom. The van der Waals surface area contributed by atoms with E-state index in [1.807, 2.05) is 6.07 Å². The van der Waals surface area contributed by atoms with Gasteiger partial charge in [0.05, 0.1) is 18.7 Å². The Balaban J connectivity index is 2.54. The molecule has 0 aromatic heterocycles. The van der Waals surface area contributed by atoms with Gasteiger partial charge in [0.1, 0.15) is 6.42 Å². The summed E-state index contributed by atoms with van der Waals surface area (Å²) in [6.07, 6.45) is 2.82. The number of nitriles is 1. The van der Waals surface area contributed by atoms with Crippen molar-refractivity contribution in [3.63, 3.8) is 0 Å². The molecule has 1 N–H and O–H groups in total. The van der Waals surface area contributed by atoms with Crippen molar-refractivity contribution in [1.82, 2.24) is 4.90 Å². The maximum absolute atomic E-state index is 11.4. The number of nitrogens with zero attached hydrogens (tertiary/aromatic N) is 2. The highest BCUT2D eigenvalue weighted by molar-refractivity contribution is 5.78. The summed E-state index contributed by atoms with van der Waals surface area (Å²) < 4.78 is 0. The Labute approximate surface area is 77.8 Å². The zero-order valence-electron chi connectivity index (χ0n) is 7.57. The summed E-state index contributed by atoms with van der Waals surface area (Å²) in [4.78, 5) is 13.0. The molecule has 1 unspecified atom stereocenters. The Hall–Kier alpha value is -1.08. The van der Waals surface area contributed by atoms with Gasteiger partial charge in [0.15, 0.2) is 0 Å². The number of amides is 1. The SMILES string of the molecule is N#CCC(=O)N1CCCCC1CO. The number of carbonyl (C=O) groups is 1. The number of aliphatic hydroxyl groups is 1. The van der Waals surface area contributed by atoms with Crippen molar-refractivity contribution in [2.45, 2.75) is 31.7 Å². The third-order valence-corrected chi connectivity index (χ3v) is 2.39. The fourth-order valence-electron chi connectivity index (χ4n) is 1.69. The zero-order chi connectivity index (χ0) is 9.68. The van der Waals surface area contributed by atoms with Gasteiger partial charge in [0, 0.05) is 6.54 Å². The second kappa shape index (κ2) is 4.83. The highest BCUT2D eigenvalue weighted by Gasteiger charge is 2.25. The smallest absolute Gasteiger partial charge is 0.237 e. The fourth-order valence-corrected chi connectivity index (χ4v) is 1.69. The van der Waals surface area contributed by atoms with Crippen LogP contribution in [0.2, 0.25) is 0 Å². The number of piperidine rings is 1. The minimum atomic E-state index is -0.152. The number of hydrogen-bond acceptors (Lipinski definition) is 3. The predicted octanol–water partition coefficient (Wildman–Crippen LogP) is 0.273. The molecule has 4 heteroatoms. The Morgan fingerprint density at radius 2 is 2.38 bits per heavy atom. The van der Waals surface area contributed by atoms with Crippen LogP contribution >= 0.6 is 0 Å². The van der Waals surface area contributed by atoms with Crippen molar-refractivity contribution >= 4 is 5.91 Å². The van der Waals surface area contributed by atoms with Crippen molar-refractivity contribution in [3.8, 4) is 6.07 Å². The van der Waals surface area contributed by atoms with Gasteiger partial charge in [-0.25, -0.2) is 0 Å². The molecule has 0 saturated carbocycles. The molecule has 1 rings (SSSR count). The summed E-state index contributed by atoms with van der Waals surface area (Å²) in [7, 11) is 0. The van der Waals surface area contributed by atoms with Crippen LogP contribution in [-0.4, -0.2) is 35.1 Å². The van der Waals surface area contributed by atoms with E-state index in [0.717, 1.165) is 19.3 Å². The minimum Gasteiger partial charge on any atom is -0.394 e. The van der Waals surface area contributed by atoms with Gasteiger partial charge in [-0.15, -0.1) is 0 Å². The molecule has 0 aliphatic carbocycles.